The summed E-state index contributed by atoms with van der Waals surface area (Å²) in [5.41, 5.74) is 0.560. The highest BCUT2D eigenvalue weighted by atomic mass is 16.5. The lowest BCUT2D eigenvalue weighted by Gasteiger charge is -2.18. The van der Waals surface area contributed by atoms with Crippen LogP contribution in [0.25, 0.3) is 5.65 Å². The highest BCUT2D eigenvalue weighted by Crippen LogP contribution is 2.32. The monoisotopic (exact) mass is 434 g/mol. The summed E-state index contributed by atoms with van der Waals surface area (Å²) in [7, 11) is 1.28. The predicted molar refractivity (Wildman–Crippen MR) is 116 cm³/mol. The summed E-state index contributed by atoms with van der Waals surface area (Å²) >= 11 is 0. The van der Waals surface area contributed by atoms with Crippen molar-refractivity contribution in [2.45, 2.75) is 18.9 Å². The van der Waals surface area contributed by atoms with Crippen molar-refractivity contribution >= 4 is 11.6 Å². The lowest BCUT2D eigenvalue weighted by atomic mass is 9.89. The Morgan fingerprint density at radius 2 is 1.94 bits per heavy atom. The summed E-state index contributed by atoms with van der Waals surface area (Å²) in [5.74, 6) is -1.02. The molecule has 0 aliphatic carbocycles. The van der Waals surface area contributed by atoms with Crippen LogP contribution in [0.1, 0.15) is 23.5 Å². The minimum Gasteiger partial charge on any atom is -0.493 e. The Labute approximate surface area is 183 Å². The van der Waals surface area contributed by atoms with E-state index in [0.29, 0.717) is 30.1 Å². The number of carbonyl (C=O) groups is 1. The van der Waals surface area contributed by atoms with Crippen LogP contribution in [-0.2, 0) is 16.1 Å². The van der Waals surface area contributed by atoms with Gasteiger partial charge in [0, 0.05) is 24.5 Å². The van der Waals surface area contributed by atoms with E-state index in [9.17, 15) is 14.7 Å². The van der Waals surface area contributed by atoms with Crippen molar-refractivity contribution in [1.82, 2.24) is 19.2 Å². The molecule has 164 valence electrons. The van der Waals surface area contributed by atoms with Crippen molar-refractivity contribution in [3.05, 3.63) is 88.6 Å². The molecule has 0 aliphatic heterocycles. The topological polar surface area (TPSA) is 108 Å². The van der Waals surface area contributed by atoms with E-state index in [1.807, 2.05) is 12.3 Å². The summed E-state index contributed by atoms with van der Waals surface area (Å²) in [5, 5.41) is 14.7. The molecule has 1 unspecified atom stereocenters. The van der Waals surface area contributed by atoms with Crippen molar-refractivity contribution < 1.29 is 19.4 Å². The lowest BCUT2D eigenvalue weighted by molar-refractivity contribution is -0.140. The first kappa shape index (κ1) is 21.1. The van der Waals surface area contributed by atoms with Gasteiger partial charge < -0.3 is 14.6 Å². The maximum absolute atomic E-state index is 13.1. The second-order valence-corrected chi connectivity index (χ2v) is 7.10. The first-order valence-corrected chi connectivity index (χ1v) is 10.0. The van der Waals surface area contributed by atoms with Crippen LogP contribution in [0, 0.1) is 0 Å². The van der Waals surface area contributed by atoms with Gasteiger partial charge in [-0.25, -0.2) is 0 Å². The molecular weight excluding hydrogens is 412 g/mol. The summed E-state index contributed by atoms with van der Waals surface area (Å²) in [6.07, 6.45) is 5.00. The Morgan fingerprint density at radius 3 is 2.66 bits per heavy atom. The van der Waals surface area contributed by atoms with Crippen molar-refractivity contribution in [3.8, 4) is 11.6 Å². The van der Waals surface area contributed by atoms with Crippen LogP contribution in [0.15, 0.2) is 71.9 Å². The van der Waals surface area contributed by atoms with Crippen LogP contribution >= 0.6 is 0 Å². The van der Waals surface area contributed by atoms with Crippen LogP contribution in [0.2, 0.25) is 0 Å². The third-order valence-corrected chi connectivity index (χ3v) is 5.13. The Kier molecular flexibility index (Phi) is 6.16. The van der Waals surface area contributed by atoms with Gasteiger partial charge in [-0.2, -0.15) is 10.1 Å². The zero-order valence-electron chi connectivity index (χ0n) is 17.4. The number of pyridine rings is 1. The Hall–Kier alpha value is -4.14. The fourth-order valence-corrected chi connectivity index (χ4v) is 3.52. The van der Waals surface area contributed by atoms with Gasteiger partial charge in [-0.1, -0.05) is 18.2 Å². The van der Waals surface area contributed by atoms with Gasteiger partial charge in [0.25, 0.3) is 5.56 Å². The molecule has 32 heavy (non-hydrogen) atoms. The summed E-state index contributed by atoms with van der Waals surface area (Å²) in [4.78, 5) is 29.4. The Morgan fingerprint density at radius 1 is 1.12 bits per heavy atom. The fraction of sp³-hybridized carbons (Fsp3) is 0.217. The molecule has 0 amide bonds. The van der Waals surface area contributed by atoms with Crippen LogP contribution in [0.5, 0.6) is 11.6 Å². The van der Waals surface area contributed by atoms with Crippen molar-refractivity contribution in [2.75, 3.05) is 13.7 Å². The smallest absolute Gasteiger partial charge is 0.306 e. The van der Waals surface area contributed by atoms with E-state index >= 15 is 0 Å². The molecule has 4 aromatic rings. The van der Waals surface area contributed by atoms with E-state index in [2.05, 4.69) is 10.1 Å². The number of rotatable bonds is 8. The van der Waals surface area contributed by atoms with Crippen LogP contribution in [-0.4, -0.2) is 44.0 Å². The van der Waals surface area contributed by atoms with Crippen LogP contribution < -0.4 is 10.3 Å². The average molecular weight is 434 g/mol. The first-order chi connectivity index (χ1) is 15.6. The van der Waals surface area contributed by atoms with Crippen molar-refractivity contribution in [1.29, 1.82) is 0 Å². The maximum atomic E-state index is 13.1. The molecule has 0 saturated carbocycles. The third kappa shape index (κ3) is 4.46. The van der Waals surface area contributed by atoms with E-state index in [1.54, 1.807) is 59.5 Å². The number of ether oxygens (including phenoxy) is 2. The molecule has 4 rings (SSSR count). The summed E-state index contributed by atoms with van der Waals surface area (Å²) in [6.45, 7) is 1.04. The number of fused-ring (bicyclic) bond motifs is 1. The van der Waals surface area contributed by atoms with Gasteiger partial charge in [0.15, 0.2) is 0 Å². The number of hydrogen-bond acceptors (Lipinski definition) is 7. The maximum Gasteiger partial charge on any atom is 0.306 e. The lowest BCUT2D eigenvalue weighted by Crippen LogP contribution is -2.24. The zero-order valence-corrected chi connectivity index (χ0v) is 17.4. The Bertz CT molecular complexity index is 1270. The van der Waals surface area contributed by atoms with Gasteiger partial charge in [0.2, 0.25) is 5.88 Å². The molecule has 0 aliphatic rings. The van der Waals surface area contributed by atoms with Gasteiger partial charge in [-0.15, -0.1) is 0 Å². The van der Waals surface area contributed by atoms with Gasteiger partial charge in [0.1, 0.15) is 18.0 Å². The molecule has 0 saturated heterocycles. The van der Waals surface area contributed by atoms with E-state index in [-0.39, 0.29) is 12.0 Å². The fourth-order valence-electron chi connectivity index (χ4n) is 3.52. The number of benzene rings is 1. The van der Waals surface area contributed by atoms with Crippen LogP contribution in [0.3, 0.4) is 0 Å². The van der Waals surface area contributed by atoms with Crippen molar-refractivity contribution in [3.63, 3.8) is 0 Å². The second-order valence-electron chi connectivity index (χ2n) is 7.10. The molecule has 3 heterocycles. The third-order valence-electron chi connectivity index (χ3n) is 5.13. The zero-order chi connectivity index (χ0) is 22.5. The van der Waals surface area contributed by atoms with E-state index in [1.165, 1.54) is 11.5 Å². The molecule has 3 aromatic heterocycles. The van der Waals surface area contributed by atoms with Crippen molar-refractivity contribution in [2.24, 2.45) is 0 Å². The molecular formula is C23H22N4O5. The molecule has 1 aromatic carbocycles. The molecule has 0 bridgehead atoms. The molecule has 9 heteroatoms. The number of nitrogens with zero attached hydrogens (tertiary/aromatic N) is 4. The van der Waals surface area contributed by atoms with Gasteiger partial charge in [-0.3, -0.25) is 18.7 Å². The molecule has 1 N–H and O–H groups in total. The second kappa shape index (κ2) is 9.34. The normalized spacial score (nSPS) is 11.9. The summed E-state index contributed by atoms with van der Waals surface area (Å²) in [6, 6.07) is 13.9. The average Bonchev–Trinajstić information content (AvgIpc) is 3.32. The number of methoxy groups -OCH3 is 1. The minimum atomic E-state index is -0.738. The quantitative estimate of drug-likeness (QED) is 0.424. The number of esters is 1. The number of hydrogen-bond donors (Lipinski definition) is 1. The standard InChI is InChI=1S/C23H22N4O5/c1-31-20(28)15-18(21-22(29)25-19-5-2-3-12-27(19)23(21)30)16-6-8-17(9-7-16)32-14-13-26-11-4-10-24-26/h2-12,18,29H,13-15H2,1H3. The first-order valence-electron chi connectivity index (χ1n) is 10.0. The van der Waals surface area contributed by atoms with E-state index < -0.39 is 23.3 Å². The van der Waals surface area contributed by atoms with Crippen LogP contribution in [0.4, 0.5) is 0 Å². The number of aromatic nitrogens is 4. The molecule has 0 radical (unpaired) electrons. The summed E-state index contributed by atoms with van der Waals surface area (Å²) < 4.78 is 13.7. The molecule has 0 spiro atoms. The van der Waals surface area contributed by atoms with Gasteiger partial charge >= 0.3 is 5.97 Å². The minimum absolute atomic E-state index is 0.0338. The Balaban J connectivity index is 1.63. The molecule has 0 fully saturated rings. The van der Waals surface area contributed by atoms with E-state index in [0.717, 1.165) is 0 Å². The van der Waals surface area contributed by atoms with E-state index in [4.69, 9.17) is 9.47 Å². The highest BCUT2D eigenvalue weighted by Gasteiger charge is 2.27. The van der Waals surface area contributed by atoms with Gasteiger partial charge in [-0.05, 0) is 35.9 Å². The SMILES string of the molecule is COC(=O)CC(c1ccc(OCCn2cccn2)cc1)c1c(O)nc2ccccn2c1=O. The number of carbonyl (C=O) groups excluding carboxylic acids is 1. The number of aromatic hydroxyl groups is 1. The largest absolute Gasteiger partial charge is 0.493 e. The molecule has 1 atom stereocenters. The predicted octanol–water partition coefficient (Wildman–Crippen LogP) is 2.37. The highest BCUT2D eigenvalue weighted by molar-refractivity contribution is 5.71. The van der Waals surface area contributed by atoms with Gasteiger partial charge in [0.05, 0.1) is 25.6 Å². The molecule has 9 nitrogen and oxygen atoms in total.